The molecule has 0 aliphatic carbocycles. The van der Waals surface area contributed by atoms with Crippen molar-refractivity contribution in [3.63, 3.8) is 0 Å². The predicted molar refractivity (Wildman–Crippen MR) is 180 cm³/mol. The van der Waals surface area contributed by atoms with Gasteiger partial charge >= 0.3 is 0 Å². The average molecular weight is 582 g/mol. The highest BCUT2D eigenvalue weighted by molar-refractivity contribution is 6.10. The van der Waals surface area contributed by atoms with Crippen LogP contribution in [0.4, 0.5) is 0 Å². The van der Waals surface area contributed by atoms with E-state index in [2.05, 4.69) is 98.2 Å². The van der Waals surface area contributed by atoms with Crippen LogP contribution in [0.1, 0.15) is 86.1 Å². The molecule has 6 heterocycles. The molecule has 7 rings (SSSR count). The van der Waals surface area contributed by atoms with E-state index in [0.717, 1.165) is 88.2 Å². The molecule has 2 unspecified atom stereocenters. The Labute approximate surface area is 260 Å². The molecule has 1 aromatic carbocycles. The first-order valence-electron chi connectivity index (χ1n) is 16.0. The Bertz CT molecular complexity index is 2010. The van der Waals surface area contributed by atoms with Gasteiger partial charge in [0, 0.05) is 40.1 Å². The number of aliphatic imine (C=N–C) groups is 1. The number of aryl methyl sites for hydroxylation is 3. The van der Waals surface area contributed by atoms with Crippen molar-refractivity contribution in [1.29, 1.82) is 0 Å². The molecule has 5 heteroatoms. The van der Waals surface area contributed by atoms with Gasteiger partial charge in [0.15, 0.2) is 17.5 Å². The van der Waals surface area contributed by atoms with Crippen LogP contribution in [0.25, 0.3) is 39.0 Å². The molecular weight excluding hydrogens is 540 g/mol. The number of rotatable bonds is 4. The molecule has 0 spiro atoms. The molecule has 5 nitrogen and oxygen atoms in total. The number of nitrogens with zero attached hydrogens (tertiary/aromatic N) is 4. The smallest absolute Gasteiger partial charge is 0.227 e. The molecule has 0 N–H and O–H groups in total. The van der Waals surface area contributed by atoms with E-state index >= 15 is 0 Å². The quantitative estimate of drug-likeness (QED) is 0.199. The molecule has 0 saturated carbocycles. The molecule has 222 valence electrons. The number of hydrogen-bond donors (Lipinski definition) is 0. The number of aromatic nitrogens is 3. The first kappa shape index (κ1) is 28.4. The van der Waals surface area contributed by atoms with E-state index in [1.165, 1.54) is 16.7 Å². The van der Waals surface area contributed by atoms with E-state index in [-0.39, 0.29) is 17.4 Å². The Kier molecular flexibility index (Phi) is 6.88. The van der Waals surface area contributed by atoms with Crippen molar-refractivity contribution in [3.8, 4) is 11.3 Å². The van der Waals surface area contributed by atoms with Gasteiger partial charge < -0.3 is 4.42 Å². The van der Waals surface area contributed by atoms with Gasteiger partial charge in [-0.15, -0.1) is 0 Å². The van der Waals surface area contributed by atoms with E-state index < -0.39 is 0 Å². The number of pyridine rings is 3. The highest BCUT2D eigenvalue weighted by Gasteiger charge is 2.36. The number of benzene rings is 1. The molecule has 2 atom stereocenters. The summed E-state index contributed by atoms with van der Waals surface area (Å²) in [5.74, 6) is 0.242. The van der Waals surface area contributed by atoms with Crippen LogP contribution in [0, 0.1) is 13.8 Å². The second-order valence-electron chi connectivity index (χ2n) is 12.9. The minimum atomic E-state index is 0.0650. The zero-order chi connectivity index (χ0) is 30.7. The van der Waals surface area contributed by atoms with Crippen molar-refractivity contribution in [2.24, 2.45) is 4.99 Å². The summed E-state index contributed by atoms with van der Waals surface area (Å²) < 4.78 is 8.70. The summed E-state index contributed by atoms with van der Waals surface area (Å²) in [5.41, 5.74) is 12.6. The third-order valence-electron chi connectivity index (χ3n) is 10.4. The van der Waals surface area contributed by atoms with Gasteiger partial charge in [0.1, 0.15) is 0 Å². The Balaban J connectivity index is 1.50. The van der Waals surface area contributed by atoms with Crippen molar-refractivity contribution < 1.29 is 8.98 Å². The second kappa shape index (κ2) is 10.7. The maximum Gasteiger partial charge on any atom is 0.227 e. The van der Waals surface area contributed by atoms with Crippen molar-refractivity contribution in [3.05, 3.63) is 108 Å². The summed E-state index contributed by atoms with van der Waals surface area (Å²) in [4.78, 5) is 15.2. The molecule has 2 aliphatic rings. The summed E-state index contributed by atoms with van der Waals surface area (Å²) in [7, 11) is 0. The zero-order valence-corrected chi connectivity index (χ0v) is 26.6. The Morgan fingerprint density at radius 1 is 1.02 bits per heavy atom. The summed E-state index contributed by atoms with van der Waals surface area (Å²) in [6.45, 7) is 19.8. The topological polar surface area (TPSA) is 55.2 Å². The number of hydrogen-bond acceptors (Lipinski definition) is 4. The van der Waals surface area contributed by atoms with Crippen LogP contribution in [-0.4, -0.2) is 21.7 Å². The molecule has 5 aromatic rings. The molecule has 0 amide bonds. The largest absolute Gasteiger partial charge is 0.436 e. The highest BCUT2D eigenvalue weighted by atomic mass is 16.3. The average Bonchev–Trinajstić information content (AvgIpc) is 3.40. The van der Waals surface area contributed by atoms with E-state index in [4.69, 9.17) is 14.4 Å². The highest BCUT2D eigenvalue weighted by Crippen LogP contribution is 2.41. The second-order valence-corrected chi connectivity index (χ2v) is 12.9. The molecule has 0 bridgehead atoms. The predicted octanol–water partition coefficient (Wildman–Crippen LogP) is 8.97. The van der Waals surface area contributed by atoms with E-state index in [9.17, 15) is 0 Å². The van der Waals surface area contributed by atoms with Gasteiger partial charge in [-0.1, -0.05) is 51.6 Å². The lowest BCUT2D eigenvalue weighted by molar-refractivity contribution is -0.571. The number of allylic oxidation sites excluding steroid dienone is 1. The first-order valence-corrected chi connectivity index (χ1v) is 16.0. The van der Waals surface area contributed by atoms with Gasteiger partial charge in [-0.2, -0.15) is 4.57 Å². The van der Waals surface area contributed by atoms with Crippen molar-refractivity contribution in [2.45, 2.75) is 84.1 Å². The monoisotopic (exact) mass is 581 g/mol. The van der Waals surface area contributed by atoms with Crippen molar-refractivity contribution >= 4 is 33.5 Å². The summed E-state index contributed by atoms with van der Waals surface area (Å²) in [5, 5.41) is 2.10. The maximum atomic E-state index is 6.41. The summed E-state index contributed by atoms with van der Waals surface area (Å²) in [6.07, 6.45) is 8.75. The van der Waals surface area contributed by atoms with Crippen LogP contribution in [0.3, 0.4) is 0 Å². The molecule has 4 aromatic heterocycles. The summed E-state index contributed by atoms with van der Waals surface area (Å²) >= 11 is 0. The van der Waals surface area contributed by atoms with Crippen LogP contribution in [0.15, 0.2) is 83.4 Å². The van der Waals surface area contributed by atoms with Gasteiger partial charge in [-0.05, 0) is 80.9 Å². The number of furan rings is 1. The lowest BCUT2D eigenvalue weighted by Gasteiger charge is -2.32. The molecule has 0 radical (unpaired) electrons. The molecule has 2 aliphatic heterocycles. The minimum Gasteiger partial charge on any atom is -0.436 e. The molecule has 44 heavy (non-hydrogen) atoms. The molecule has 0 saturated heterocycles. The van der Waals surface area contributed by atoms with Crippen LogP contribution in [0.5, 0.6) is 0 Å². The van der Waals surface area contributed by atoms with Gasteiger partial charge in [-0.3, -0.25) is 9.98 Å². The third-order valence-corrected chi connectivity index (χ3v) is 10.4. The fourth-order valence-electron chi connectivity index (χ4n) is 7.40. The first-order chi connectivity index (χ1) is 21.2. The van der Waals surface area contributed by atoms with E-state index in [0.29, 0.717) is 5.71 Å². The van der Waals surface area contributed by atoms with Gasteiger partial charge in [0.25, 0.3) is 0 Å². The molecule has 0 fully saturated rings. The number of fused-ring (bicyclic) bond motifs is 9. The lowest BCUT2D eigenvalue weighted by Crippen LogP contribution is -2.39. The van der Waals surface area contributed by atoms with E-state index in [1.807, 2.05) is 19.9 Å². The minimum absolute atomic E-state index is 0.0650. The fourth-order valence-corrected chi connectivity index (χ4v) is 7.40. The fraction of sp³-hybridized carbons (Fsp3) is 0.333. The van der Waals surface area contributed by atoms with Crippen molar-refractivity contribution in [2.75, 3.05) is 0 Å². The van der Waals surface area contributed by atoms with E-state index in [1.54, 1.807) is 0 Å². The summed E-state index contributed by atoms with van der Waals surface area (Å²) in [6, 6.07) is 17.8. The zero-order valence-electron chi connectivity index (χ0n) is 26.6. The van der Waals surface area contributed by atoms with Crippen LogP contribution < -0.4 is 4.57 Å². The Morgan fingerprint density at radius 3 is 2.59 bits per heavy atom. The van der Waals surface area contributed by atoms with Gasteiger partial charge in [0.05, 0.1) is 35.1 Å². The SMILES string of the molecule is C=CC1=NC2CC(=C)[n+]3ccc(C(C)(CC)CC)cc3-c3cc4c(nc3CCC2c2ccccc21)oc1c(C)nc(C)cc14. The normalized spacial score (nSPS) is 18.3. The van der Waals surface area contributed by atoms with Crippen molar-refractivity contribution in [1.82, 2.24) is 9.97 Å². The maximum absolute atomic E-state index is 6.41. The standard InChI is InChI=1S/C39H41N4O/c1-8-33-28-14-12-11-13-27(28)29-15-16-34-32(22-31-30-19-23(4)40-25(6)37(30)44-38(31)42-34)36-21-26(39(7,9-2)10-3)17-18-43(36)24(5)20-35(29)41-33/h8,11-14,17-19,21-22,29,35H,1,5,9-10,15-16,20H2,2-4,6-7H3/q+1. The van der Waals surface area contributed by atoms with Crippen LogP contribution >= 0.6 is 0 Å². The molecular formula is C39H41N4O+. The third kappa shape index (κ3) is 4.44. The Morgan fingerprint density at radius 2 is 1.82 bits per heavy atom. The Hall–Kier alpha value is -4.38. The van der Waals surface area contributed by atoms with Crippen LogP contribution in [0.2, 0.25) is 0 Å². The van der Waals surface area contributed by atoms with Crippen LogP contribution in [-0.2, 0) is 11.8 Å². The van der Waals surface area contributed by atoms with Gasteiger partial charge in [0.2, 0.25) is 11.4 Å². The van der Waals surface area contributed by atoms with Gasteiger partial charge in [-0.25, -0.2) is 4.98 Å². The lowest BCUT2D eigenvalue weighted by atomic mass is 9.77.